The highest BCUT2D eigenvalue weighted by atomic mass is 16.5. The van der Waals surface area contributed by atoms with Gasteiger partial charge in [-0.15, -0.1) is 0 Å². The number of fused-ring (bicyclic) bond motifs is 1. The lowest BCUT2D eigenvalue weighted by Crippen LogP contribution is -2.24. The van der Waals surface area contributed by atoms with Gasteiger partial charge in [0.1, 0.15) is 17.0 Å². The molecule has 0 fully saturated rings. The molecule has 1 aromatic heterocycles. The SMILES string of the molecule is CCNCc1nc2c([nH]1)C(C)(C)OC2(C)C. The number of imidazole rings is 1. The molecule has 0 saturated heterocycles. The Hall–Kier alpha value is -0.870. The van der Waals surface area contributed by atoms with Gasteiger partial charge in [0.25, 0.3) is 0 Å². The minimum Gasteiger partial charge on any atom is -0.357 e. The highest BCUT2D eigenvalue weighted by Crippen LogP contribution is 2.44. The number of nitrogens with one attached hydrogen (secondary N) is 2. The molecule has 4 heteroatoms. The van der Waals surface area contributed by atoms with Crippen LogP contribution in [0.3, 0.4) is 0 Å². The van der Waals surface area contributed by atoms with Gasteiger partial charge in [-0.05, 0) is 34.2 Å². The van der Waals surface area contributed by atoms with E-state index in [9.17, 15) is 0 Å². The molecule has 2 rings (SSSR count). The summed E-state index contributed by atoms with van der Waals surface area (Å²) >= 11 is 0. The van der Waals surface area contributed by atoms with Crippen LogP contribution in [0.5, 0.6) is 0 Å². The lowest BCUT2D eigenvalue weighted by molar-refractivity contribution is -0.108. The summed E-state index contributed by atoms with van der Waals surface area (Å²) in [5.74, 6) is 0.997. The normalized spacial score (nSPS) is 21.1. The number of aromatic nitrogens is 2. The van der Waals surface area contributed by atoms with Crippen LogP contribution >= 0.6 is 0 Å². The zero-order valence-electron chi connectivity index (χ0n) is 10.8. The highest BCUT2D eigenvalue weighted by Gasteiger charge is 2.46. The first kappa shape index (κ1) is 11.6. The van der Waals surface area contributed by atoms with Crippen LogP contribution in [-0.2, 0) is 22.5 Å². The molecule has 1 aliphatic heterocycles. The van der Waals surface area contributed by atoms with Gasteiger partial charge >= 0.3 is 0 Å². The maximum Gasteiger partial charge on any atom is 0.120 e. The molecule has 2 N–H and O–H groups in total. The monoisotopic (exact) mass is 223 g/mol. The molecular formula is C12H21N3O. The predicted octanol–water partition coefficient (Wildman–Crippen LogP) is 2.02. The van der Waals surface area contributed by atoms with Crippen LogP contribution in [0.2, 0.25) is 0 Å². The molecule has 16 heavy (non-hydrogen) atoms. The maximum absolute atomic E-state index is 5.99. The Morgan fingerprint density at radius 3 is 2.50 bits per heavy atom. The van der Waals surface area contributed by atoms with Crippen molar-refractivity contribution in [3.8, 4) is 0 Å². The lowest BCUT2D eigenvalue weighted by atomic mass is 10.0. The van der Waals surface area contributed by atoms with Gasteiger partial charge in [0.2, 0.25) is 0 Å². The number of rotatable bonds is 3. The van der Waals surface area contributed by atoms with E-state index in [0.717, 1.165) is 30.3 Å². The van der Waals surface area contributed by atoms with Gasteiger partial charge < -0.3 is 15.0 Å². The van der Waals surface area contributed by atoms with E-state index in [2.05, 4.69) is 49.9 Å². The maximum atomic E-state index is 5.99. The number of hydrogen-bond acceptors (Lipinski definition) is 3. The Bertz CT molecular complexity index is 361. The van der Waals surface area contributed by atoms with Crippen molar-refractivity contribution >= 4 is 0 Å². The van der Waals surface area contributed by atoms with E-state index in [1.54, 1.807) is 0 Å². The Kier molecular flexibility index (Phi) is 2.59. The zero-order valence-corrected chi connectivity index (χ0v) is 10.8. The summed E-state index contributed by atoms with van der Waals surface area (Å²) in [6, 6.07) is 0. The van der Waals surface area contributed by atoms with E-state index in [1.807, 2.05) is 0 Å². The van der Waals surface area contributed by atoms with Gasteiger partial charge in [-0.1, -0.05) is 6.92 Å². The fourth-order valence-electron chi connectivity index (χ4n) is 2.36. The molecule has 0 unspecified atom stereocenters. The number of ether oxygens (including phenoxy) is 1. The van der Waals surface area contributed by atoms with Crippen molar-refractivity contribution in [2.45, 2.75) is 52.4 Å². The molecule has 90 valence electrons. The fourth-order valence-corrected chi connectivity index (χ4v) is 2.36. The number of aromatic amines is 1. The quantitative estimate of drug-likeness (QED) is 0.824. The van der Waals surface area contributed by atoms with Gasteiger partial charge in [-0.3, -0.25) is 0 Å². The van der Waals surface area contributed by atoms with Crippen molar-refractivity contribution in [3.05, 3.63) is 17.2 Å². The molecule has 0 aliphatic carbocycles. The van der Waals surface area contributed by atoms with Crippen molar-refractivity contribution in [2.75, 3.05) is 6.54 Å². The third-order valence-corrected chi connectivity index (χ3v) is 2.98. The molecule has 0 aromatic carbocycles. The minimum atomic E-state index is -0.292. The summed E-state index contributed by atoms with van der Waals surface area (Å²) in [6.45, 7) is 12.1. The molecular weight excluding hydrogens is 202 g/mol. The molecule has 1 aromatic rings. The number of hydrogen-bond donors (Lipinski definition) is 2. The van der Waals surface area contributed by atoms with Crippen LogP contribution in [0, 0.1) is 0 Å². The molecule has 0 radical (unpaired) electrons. The van der Waals surface area contributed by atoms with Crippen LogP contribution in [0.15, 0.2) is 0 Å². The summed E-state index contributed by atoms with van der Waals surface area (Å²) in [4.78, 5) is 8.01. The fraction of sp³-hybridized carbons (Fsp3) is 0.750. The van der Waals surface area contributed by atoms with Crippen molar-refractivity contribution < 1.29 is 4.74 Å². The smallest absolute Gasteiger partial charge is 0.120 e. The molecule has 0 amide bonds. The van der Waals surface area contributed by atoms with Crippen molar-refractivity contribution in [3.63, 3.8) is 0 Å². The van der Waals surface area contributed by atoms with Crippen LogP contribution in [0.4, 0.5) is 0 Å². The van der Waals surface area contributed by atoms with Crippen LogP contribution in [0.25, 0.3) is 0 Å². The van der Waals surface area contributed by atoms with Crippen molar-refractivity contribution in [2.24, 2.45) is 0 Å². The summed E-state index contributed by atoms with van der Waals surface area (Å²) in [6.07, 6.45) is 0. The summed E-state index contributed by atoms with van der Waals surface area (Å²) in [5.41, 5.74) is 1.60. The van der Waals surface area contributed by atoms with Gasteiger partial charge in [0.15, 0.2) is 0 Å². The first-order valence-electron chi connectivity index (χ1n) is 5.87. The zero-order chi connectivity index (χ0) is 12.0. The average molecular weight is 223 g/mol. The Morgan fingerprint density at radius 2 is 1.94 bits per heavy atom. The van der Waals surface area contributed by atoms with Crippen LogP contribution < -0.4 is 5.32 Å². The van der Waals surface area contributed by atoms with Crippen molar-refractivity contribution in [1.82, 2.24) is 15.3 Å². The number of H-pyrrole nitrogens is 1. The second-order valence-corrected chi connectivity index (χ2v) is 5.31. The standard InChI is InChI=1S/C12H21N3O/c1-6-13-7-8-14-9-10(15-8)12(4,5)16-11(9,2)3/h13H,6-7H2,1-5H3,(H,14,15). The van der Waals surface area contributed by atoms with E-state index in [1.165, 1.54) is 0 Å². The third-order valence-electron chi connectivity index (χ3n) is 2.98. The second kappa shape index (κ2) is 3.57. The first-order valence-corrected chi connectivity index (χ1v) is 5.87. The van der Waals surface area contributed by atoms with E-state index < -0.39 is 0 Å². The summed E-state index contributed by atoms with van der Waals surface area (Å²) in [7, 11) is 0. The topological polar surface area (TPSA) is 49.9 Å². The molecule has 4 nitrogen and oxygen atoms in total. The molecule has 0 saturated carbocycles. The van der Waals surface area contributed by atoms with Crippen molar-refractivity contribution in [1.29, 1.82) is 0 Å². The Morgan fingerprint density at radius 1 is 1.25 bits per heavy atom. The second-order valence-electron chi connectivity index (χ2n) is 5.31. The third kappa shape index (κ3) is 1.76. The predicted molar refractivity (Wildman–Crippen MR) is 63.1 cm³/mol. The number of nitrogens with zero attached hydrogens (tertiary/aromatic N) is 1. The van der Waals surface area contributed by atoms with Gasteiger partial charge in [-0.2, -0.15) is 0 Å². The molecule has 2 heterocycles. The van der Waals surface area contributed by atoms with Gasteiger partial charge in [-0.25, -0.2) is 4.98 Å². The first-order chi connectivity index (χ1) is 7.37. The van der Waals surface area contributed by atoms with E-state index >= 15 is 0 Å². The van der Waals surface area contributed by atoms with E-state index in [0.29, 0.717) is 0 Å². The largest absolute Gasteiger partial charge is 0.357 e. The molecule has 0 atom stereocenters. The van der Waals surface area contributed by atoms with Gasteiger partial charge in [0, 0.05) is 0 Å². The van der Waals surface area contributed by atoms with Crippen LogP contribution in [0.1, 0.15) is 51.8 Å². The highest BCUT2D eigenvalue weighted by molar-refractivity contribution is 5.30. The Labute approximate surface area is 96.8 Å². The van der Waals surface area contributed by atoms with Crippen LogP contribution in [-0.4, -0.2) is 16.5 Å². The van der Waals surface area contributed by atoms with E-state index in [-0.39, 0.29) is 11.2 Å². The molecule has 1 aliphatic rings. The molecule has 0 spiro atoms. The lowest BCUT2D eigenvalue weighted by Gasteiger charge is -2.24. The summed E-state index contributed by atoms with van der Waals surface area (Å²) < 4.78 is 5.99. The minimum absolute atomic E-state index is 0.268. The Balaban J connectivity index is 2.33. The molecule has 0 bridgehead atoms. The van der Waals surface area contributed by atoms with Gasteiger partial charge in [0.05, 0.1) is 17.9 Å². The average Bonchev–Trinajstić information content (AvgIpc) is 2.63. The van der Waals surface area contributed by atoms with E-state index in [4.69, 9.17) is 4.74 Å². The summed E-state index contributed by atoms with van der Waals surface area (Å²) in [5, 5.41) is 3.27.